The number of hydrogen-bond donors (Lipinski definition) is 1. The molecule has 2 fully saturated rings. The van der Waals surface area contributed by atoms with Gasteiger partial charge in [0.1, 0.15) is 18.1 Å². The zero-order valence-electron chi connectivity index (χ0n) is 19.1. The molecule has 2 saturated heterocycles. The normalized spacial score (nSPS) is 18.9. The molecule has 3 aromatic rings. The van der Waals surface area contributed by atoms with Crippen LogP contribution in [0.15, 0.2) is 53.5 Å². The lowest BCUT2D eigenvalue weighted by Gasteiger charge is -2.25. The number of anilines is 1. The Morgan fingerprint density at radius 3 is 2.88 bits per heavy atom. The molecule has 2 aliphatic rings. The Bertz CT molecular complexity index is 1160. The second-order valence-electron chi connectivity index (χ2n) is 8.63. The minimum absolute atomic E-state index is 0.0630. The van der Waals surface area contributed by atoms with E-state index in [1.165, 1.54) is 0 Å². The molecule has 5 rings (SSSR count). The molecule has 174 valence electrons. The number of nitrogens with one attached hydrogen (secondary N) is 1. The molecule has 2 aliphatic heterocycles. The monoisotopic (exact) mass is 449 g/mol. The molecule has 0 spiro atoms. The summed E-state index contributed by atoms with van der Waals surface area (Å²) in [6.07, 6.45) is 5.20. The molecule has 1 atom stereocenters. The van der Waals surface area contributed by atoms with E-state index in [1.54, 1.807) is 11.7 Å². The highest BCUT2D eigenvalue weighted by Crippen LogP contribution is 2.31. The third-order valence-corrected chi connectivity index (χ3v) is 6.46. The second kappa shape index (κ2) is 9.85. The van der Waals surface area contributed by atoms with E-state index in [2.05, 4.69) is 16.3 Å². The van der Waals surface area contributed by atoms with Crippen LogP contribution in [0, 0.1) is 0 Å². The number of methoxy groups -OCH3 is 1. The van der Waals surface area contributed by atoms with Crippen LogP contribution in [0.4, 0.5) is 5.69 Å². The van der Waals surface area contributed by atoms with Gasteiger partial charge in [0.05, 0.1) is 24.6 Å². The average Bonchev–Trinajstić information content (AvgIpc) is 3.23. The maximum atomic E-state index is 13.3. The van der Waals surface area contributed by atoms with Gasteiger partial charge in [-0.1, -0.05) is 0 Å². The van der Waals surface area contributed by atoms with Gasteiger partial charge in [0.25, 0.3) is 5.56 Å². The number of fused-ring (bicyclic) bond motifs is 1. The van der Waals surface area contributed by atoms with Gasteiger partial charge >= 0.3 is 0 Å². The van der Waals surface area contributed by atoms with Gasteiger partial charge in [0.2, 0.25) is 0 Å². The predicted octanol–water partition coefficient (Wildman–Crippen LogP) is 3.36. The Morgan fingerprint density at radius 1 is 1.09 bits per heavy atom. The molecular weight excluding hydrogens is 418 g/mol. The van der Waals surface area contributed by atoms with Crippen LogP contribution in [0.5, 0.6) is 11.5 Å². The number of benzene rings is 2. The van der Waals surface area contributed by atoms with Crippen LogP contribution in [0.2, 0.25) is 0 Å². The van der Waals surface area contributed by atoms with E-state index in [9.17, 15) is 4.79 Å². The van der Waals surface area contributed by atoms with Gasteiger partial charge in [-0.05, 0) is 67.6 Å². The first kappa shape index (κ1) is 21.8. The van der Waals surface area contributed by atoms with Crippen molar-refractivity contribution in [1.82, 2.24) is 9.88 Å². The molecule has 1 unspecified atom stereocenters. The highest BCUT2D eigenvalue weighted by Gasteiger charge is 2.17. The molecule has 1 aromatic heterocycles. The van der Waals surface area contributed by atoms with E-state index in [1.807, 2.05) is 42.6 Å². The van der Waals surface area contributed by atoms with Crippen LogP contribution < -0.4 is 25.2 Å². The Kier molecular flexibility index (Phi) is 6.51. The Morgan fingerprint density at radius 2 is 2.03 bits per heavy atom. The van der Waals surface area contributed by atoms with Crippen molar-refractivity contribution in [1.29, 1.82) is 0 Å². The SMILES string of the molecule is COc1cc(-n2ccc3cc(OCC4CCCO4)ccc3c2=O)ccc1N1CCCNCC1. The average molecular weight is 450 g/mol. The van der Waals surface area contributed by atoms with Gasteiger partial charge in [0, 0.05) is 43.9 Å². The van der Waals surface area contributed by atoms with Crippen molar-refractivity contribution in [3.05, 3.63) is 59.0 Å². The zero-order valence-corrected chi connectivity index (χ0v) is 19.1. The second-order valence-corrected chi connectivity index (χ2v) is 8.63. The lowest BCUT2D eigenvalue weighted by molar-refractivity contribution is 0.0680. The highest BCUT2D eigenvalue weighted by atomic mass is 16.5. The largest absolute Gasteiger partial charge is 0.495 e. The van der Waals surface area contributed by atoms with Crippen molar-refractivity contribution < 1.29 is 14.2 Å². The molecule has 0 aliphatic carbocycles. The molecule has 0 radical (unpaired) electrons. The van der Waals surface area contributed by atoms with Crippen molar-refractivity contribution in [2.24, 2.45) is 0 Å². The lowest BCUT2D eigenvalue weighted by atomic mass is 10.1. The van der Waals surface area contributed by atoms with Gasteiger partial charge in [-0.3, -0.25) is 9.36 Å². The highest BCUT2D eigenvalue weighted by molar-refractivity contribution is 5.83. The smallest absolute Gasteiger partial charge is 0.262 e. The molecule has 3 heterocycles. The predicted molar refractivity (Wildman–Crippen MR) is 130 cm³/mol. The van der Waals surface area contributed by atoms with Crippen LogP contribution in [0.3, 0.4) is 0 Å². The van der Waals surface area contributed by atoms with Crippen LogP contribution in [-0.4, -0.2) is 57.2 Å². The summed E-state index contributed by atoms with van der Waals surface area (Å²) >= 11 is 0. The molecule has 0 saturated carbocycles. The van der Waals surface area contributed by atoms with Crippen molar-refractivity contribution in [2.75, 3.05) is 51.4 Å². The third kappa shape index (κ3) is 4.70. The summed E-state index contributed by atoms with van der Waals surface area (Å²) in [6.45, 7) is 5.26. The van der Waals surface area contributed by atoms with Crippen molar-refractivity contribution in [2.45, 2.75) is 25.4 Å². The number of hydrogen-bond acceptors (Lipinski definition) is 6. The minimum Gasteiger partial charge on any atom is -0.495 e. The van der Waals surface area contributed by atoms with E-state index in [4.69, 9.17) is 14.2 Å². The summed E-state index contributed by atoms with van der Waals surface area (Å²) in [7, 11) is 1.68. The summed E-state index contributed by atoms with van der Waals surface area (Å²) in [5, 5.41) is 4.95. The van der Waals surface area contributed by atoms with E-state index in [0.717, 1.165) is 80.3 Å². The van der Waals surface area contributed by atoms with Gasteiger partial charge in [-0.2, -0.15) is 0 Å². The first-order valence-electron chi connectivity index (χ1n) is 11.8. The van der Waals surface area contributed by atoms with E-state index in [0.29, 0.717) is 12.0 Å². The number of rotatable bonds is 6. The van der Waals surface area contributed by atoms with E-state index >= 15 is 0 Å². The first-order valence-corrected chi connectivity index (χ1v) is 11.8. The number of ether oxygens (including phenoxy) is 3. The standard InChI is InChI=1S/C26H31N3O4/c1-31-25-17-20(5-8-24(25)28-12-3-10-27-11-14-28)29-13-9-19-16-21(6-7-23(19)26(29)30)33-18-22-4-2-15-32-22/h5-9,13,16-17,22,27H,2-4,10-12,14-15,18H2,1H3. The molecular formula is C26H31N3O4. The lowest BCUT2D eigenvalue weighted by Crippen LogP contribution is -2.28. The minimum atomic E-state index is -0.0630. The number of pyridine rings is 1. The van der Waals surface area contributed by atoms with E-state index in [-0.39, 0.29) is 11.7 Å². The summed E-state index contributed by atoms with van der Waals surface area (Å²) in [5.41, 5.74) is 1.79. The first-order chi connectivity index (χ1) is 16.2. The summed E-state index contributed by atoms with van der Waals surface area (Å²) in [5.74, 6) is 1.53. The quantitative estimate of drug-likeness (QED) is 0.623. The van der Waals surface area contributed by atoms with Crippen LogP contribution in [0.25, 0.3) is 16.5 Å². The Hall–Kier alpha value is -3.03. The Balaban J connectivity index is 1.41. The van der Waals surface area contributed by atoms with Gasteiger partial charge in [-0.15, -0.1) is 0 Å². The molecule has 1 N–H and O–H groups in total. The fraction of sp³-hybridized carbons (Fsp3) is 0.423. The van der Waals surface area contributed by atoms with E-state index < -0.39 is 0 Å². The fourth-order valence-electron chi connectivity index (χ4n) is 4.65. The van der Waals surface area contributed by atoms with Crippen molar-refractivity contribution >= 4 is 16.5 Å². The number of nitrogens with zero attached hydrogens (tertiary/aromatic N) is 2. The van der Waals surface area contributed by atoms with Crippen LogP contribution in [0.1, 0.15) is 19.3 Å². The van der Waals surface area contributed by atoms with Gasteiger partial charge in [0.15, 0.2) is 0 Å². The molecule has 2 aromatic carbocycles. The number of aromatic nitrogens is 1. The van der Waals surface area contributed by atoms with Crippen LogP contribution in [-0.2, 0) is 4.74 Å². The molecule has 33 heavy (non-hydrogen) atoms. The molecule has 7 heteroatoms. The molecule has 0 amide bonds. The fourth-order valence-corrected chi connectivity index (χ4v) is 4.65. The topological polar surface area (TPSA) is 65.0 Å². The van der Waals surface area contributed by atoms with Gasteiger partial charge < -0.3 is 24.4 Å². The summed E-state index contributed by atoms with van der Waals surface area (Å²) in [6, 6.07) is 13.6. The summed E-state index contributed by atoms with van der Waals surface area (Å²) < 4.78 is 18.9. The Labute approximate surface area is 193 Å². The van der Waals surface area contributed by atoms with Gasteiger partial charge in [-0.25, -0.2) is 0 Å². The van der Waals surface area contributed by atoms with Crippen LogP contribution >= 0.6 is 0 Å². The molecule has 7 nitrogen and oxygen atoms in total. The molecule has 0 bridgehead atoms. The van der Waals surface area contributed by atoms with Crippen molar-refractivity contribution in [3.63, 3.8) is 0 Å². The third-order valence-electron chi connectivity index (χ3n) is 6.46. The summed E-state index contributed by atoms with van der Waals surface area (Å²) in [4.78, 5) is 15.6. The zero-order chi connectivity index (χ0) is 22.6. The maximum absolute atomic E-state index is 13.3. The van der Waals surface area contributed by atoms with Crippen molar-refractivity contribution in [3.8, 4) is 17.2 Å². The maximum Gasteiger partial charge on any atom is 0.262 e.